The lowest BCUT2D eigenvalue weighted by molar-refractivity contribution is -0.132. The van der Waals surface area contributed by atoms with Gasteiger partial charge >= 0.3 is 0 Å². The molecule has 2 aliphatic rings. The van der Waals surface area contributed by atoms with Crippen LogP contribution in [0.4, 0.5) is 17.2 Å². The molecule has 38 heavy (non-hydrogen) atoms. The van der Waals surface area contributed by atoms with Gasteiger partial charge in [-0.25, -0.2) is 13.4 Å². The topological polar surface area (TPSA) is 98.7 Å². The Morgan fingerprint density at radius 3 is 2.47 bits per heavy atom. The number of anilines is 3. The van der Waals surface area contributed by atoms with E-state index in [9.17, 15) is 13.2 Å². The van der Waals surface area contributed by atoms with E-state index < -0.39 is 10.0 Å². The lowest BCUT2D eigenvalue weighted by Crippen LogP contribution is -2.55. The summed E-state index contributed by atoms with van der Waals surface area (Å²) >= 11 is 12.0. The van der Waals surface area contributed by atoms with Crippen LogP contribution in [-0.2, 0) is 21.2 Å². The number of hydrogen-bond donors (Lipinski definition) is 1. The number of benzene rings is 2. The van der Waals surface area contributed by atoms with Crippen LogP contribution in [0.1, 0.15) is 21.8 Å². The van der Waals surface area contributed by atoms with Crippen molar-refractivity contribution in [1.29, 1.82) is 0 Å². The number of amides is 1. The van der Waals surface area contributed by atoms with E-state index in [4.69, 9.17) is 23.2 Å². The Morgan fingerprint density at radius 2 is 1.76 bits per heavy atom. The van der Waals surface area contributed by atoms with Gasteiger partial charge in [-0.1, -0.05) is 23.2 Å². The zero-order valence-corrected chi connectivity index (χ0v) is 23.2. The zero-order valence-electron chi connectivity index (χ0n) is 20.8. The minimum Gasteiger partial charge on any atom is -0.368 e. The molecule has 2 aromatic carbocycles. The van der Waals surface area contributed by atoms with Crippen molar-refractivity contribution >= 4 is 56.3 Å². The molecule has 3 aromatic rings. The molecule has 1 amide bonds. The largest absolute Gasteiger partial charge is 0.368 e. The number of nitrogens with one attached hydrogen (secondary N) is 1. The number of halogens is 2. The highest BCUT2D eigenvalue weighted by atomic mass is 35.5. The third-order valence-corrected chi connectivity index (χ3v) is 8.76. The van der Waals surface area contributed by atoms with Gasteiger partial charge in [0.15, 0.2) is 5.82 Å². The van der Waals surface area contributed by atoms with E-state index in [2.05, 4.69) is 24.5 Å². The number of aromatic nitrogens is 2. The molecule has 1 N–H and O–H groups in total. The molecule has 0 spiro atoms. The highest BCUT2D eigenvalue weighted by molar-refractivity contribution is 7.92. The van der Waals surface area contributed by atoms with E-state index in [1.165, 1.54) is 18.0 Å². The zero-order chi connectivity index (χ0) is 26.9. The first kappa shape index (κ1) is 26.5. The number of sulfonamides is 1. The van der Waals surface area contributed by atoms with Crippen LogP contribution in [0.25, 0.3) is 0 Å². The smallest absolute Gasteiger partial charge is 0.263 e. The summed E-state index contributed by atoms with van der Waals surface area (Å²) in [5, 5.41) is 0.816. The minimum atomic E-state index is -3.84. The summed E-state index contributed by atoms with van der Waals surface area (Å²) in [7, 11) is -3.84. The summed E-state index contributed by atoms with van der Waals surface area (Å²) in [6, 6.07) is 12.3. The summed E-state index contributed by atoms with van der Waals surface area (Å²) in [6.07, 6.45) is 4.58. The second-order valence-corrected chi connectivity index (χ2v) is 11.9. The molecular formula is C26H32Cl2N6O3S. The predicted molar refractivity (Wildman–Crippen MR) is 154 cm³/mol. The summed E-state index contributed by atoms with van der Waals surface area (Å²) in [6.45, 7) is 5.33. The molecule has 9 nitrogen and oxygen atoms in total. The number of nitrogens with zero attached hydrogens (tertiary/aromatic N) is 5. The normalized spacial score (nSPS) is 16.7. The van der Waals surface area contributed by atoms with Crippen LogP contribution < -0.4 is 14.5 Å². The van der Waals surface area contributed by atoms with Gasteiger partial charge in [0, 0.05) is 52.0 Å². The molecule has 0 aliphatic carbocycles. The van der Waals surface area contributed by atoms with Gasteiger partial charge < -0.3 is 14.7 Å². The average Bonchev–Trinajstić information content (AvgIpc) is 2.91. The van der Waals surface area contributed by atoms with Gasteiger partial charge in [0.1, 0.15) is 11.2 Å². The van der Waals surface area contributed by atoms with Crippen molar-refractivity contribution in [2.75, 3.05) is 47.2 Å². The van der Waals surface area contributed by atoms with Gasteiger partial charge in [0.05, 0.1) is 17.3 Å². The van der Waals surface area contributed by atoms with E-state index in [1.807, 2.05) is 30.0 Å². The van der Waals surface area contributed by atoms with E-state index in [0.29, 0.717) is 26.2 Å². The molecule has 3 heterocycles. The predicted octanol–water partition coefficient (Wildman–Crippen LogP) is 4.57. The molecule has 2 aliphatic heterocycles. The molecule has 0 radical (unpaired) electrons. The number of carbonyl (C=O) groups excluding carboxylic acids is 1. The van der Waals surface area contributed by atoms with Crippen molar-refractivity contribution in [1.82, 2.24) is 14.9 Å². The fraction of sp³-hybridized carbons (Fsp3) is 0.346. The van der Waals surface area contributed by atoms with Crippen LogP contribution in [0.3, 0.4) is 0 Å². The first-order valence-corrected chi connectivity index (χ1v) is 14.6. The van der Waals surface area contributed by atoms with Crippen LogP contribution >= 0.6 is 23.2 Å². The number of hydrogen-bond acceptors (Lipinski definition) is 7. The maximum Gasteiger partial charge on any atom is 0.263 e. The van der Waals surface area contributed by atoms with Crippen LogP contribution in [0.5, 0.6) is 0 Å². The van der Waals surface area contributed by atoms with Crippen LogP contribution in [-0.4, -0.2) is 68.0 Å². The Balaban J connectivity index is 0.00000220. The van der Waals surface area contributed by atoms with Crippen LogP contribution in [0, 0.1) is 0 Å². The summed E-state index contributed by atoms with van der Waals surface area (Å²) in [4.78, 5) is 27.5. The first-order chi connectivity index (χ1) is 18.2. The second-order valence-electron chi connectivity index (χ2n) is 9.38. The van der Waals surface area contributed by atoms with Gasteiger partial charge in [-0.15, -0.1) is 0 Å². The fourth-order valence-electron chi connectivity index (χ4n) is 5.00. The maximum absolute atomic E-state index is 13.4. The second kappa shape index (κ2) is 11.0. The molecule has 1 saturated heterocycles. The standard InChI is InChI=1S/C26H28Cl2N6O3S.2H2/c1-18(34-10-2-3-19-15-20(27)4-9-23(19)34)26(35)33-13-11-32(12-14-33)21-5-7-22(8-6-21)38(36,37)31-25-17-29-16-24(28)30-25;;/h4-9,15-18H,2-3,10-14H2,1H3,(H,30,31);2*1H/t18-;;/m0../s1. The van der Waals surface area contributed by atoms with Crippen LogP contribution in [0.2, 0.25) is 10.2 Å². The highest BCUT2D eigenvalue weighted by Crippen LogP contribution is 2.31. The van der Waals surface area contributed by atoms with Crippen molar-refractivity contribution in [3.63, 3.8) is 0 Å². The lowest BCUT2D eigenvalue weighted by atomic mass is 10.00. The van der Waals surface area contributed by atoms with Crippen LogP contribution in [0.15, 0.2) is 59.8 Å². The highest BCUT2D eigenvalue weighted by Gasteiger charge is 2.31. The molecule has 5 rings (SSSR count). The number of rotatable bonds is 6. The minimum absolute atomic E-state index is 0. The lowest BCUT2D eigenvalue weighted by Gasteiger charge is -2.41. The molecule has 1 aromatic heterocycles. The summed E-state index contributed by atoms with van der Waals surface area (Å²) in [5.41, 5.74) is 3.18. The SMILES string of the molecule is C[C@@H](C(=O)N1CCN(c2ccc(S(=O)(=O)Nc3cncc(Cl)n3)cc2)CC1)N1CCCc2cc(Cl)ccc21.[HH].[HH]. The first-order valence-electron chi connectivity index (χ1n) is 12.4. The van der Waals surface area contributed by atoms with E-state index in [1.54, 1.807) is 24.3 Å². The molecule has 1 fully saturated rings. The van der Waals surface area contributed by atoms with Crippen molar-refractivity contribution < 1.29 is 16.1 Å². The maximum atomic E-state index is 13.4. The van der Waals surface area contributed by atoms with Gasteiger partial charge in [-0.3, -0.25) is 14.5 Å². The molecule has 12 heteroatoms. The van der Waals surface area contributed by atoms with Gasteiger partial charge in [-0.05, 0) is 67.8 Å². The van der Waals surface area contributed by atoms with Crippen molar-refractivity contribution in [3.8, 4) is 0 Å². The molecule has 0 saturated carbocycles. The number of piperazine rings is 1. The van der Waals surface area contributed by atoms with E-state index in [0.717, 1.165) is 35.8 Å². The average molecular weight is 580 g/mol. The summed E-state index contributed by atoms with van der Waals surface area (Å²) < 4.78 is 27.8. The van der Waals surface area contributed by atoms with Crippen molar-refractivity contribution in [2.24, 2.45) is 0 Å². The van der Waals surface area contributed by atoms with Gasteiger partial charge in [0.2, 0.25) is 5.91 Å². The molecule has 0 bridgehead atoms. The van der Waals surface area contributed by atoms with E-state index in [-0.39, 0.29) is 30.7 Å². The Morgan fingerprint density at radius 1 is 1.03 bits per heavy atom. The van der Waals surface area contributed by atoms with Gasteiger partial charge in [0.25, 0.3) is 10.0 Å². The number of aryl methyl sites for hydroxylation is 1. The Labute approximate surface area is 235 Å². The molecule has 0 unspecified atom stereocenters. The molecule has 204 valence electrons. The Bertz CT molecular complexity index is 1440. The monoisotopic (exact) mass is 578 g/mol. The van der Waals surface area contributed by atoms with Crippen molar-refractivity contribution in [3.05, 3.63) is 70.6 Å². The number of fused-ring (bicyclic) bond motifs is 1. The number of carbonyl (C=O) groups is 1. The Kier molecular flexibility index (Phi) is 7.65. The van der Waals surface area contributed by atoms with Crippen molar-refractivity contribution in [2.45, 2.75) is 30.7 Å². The third kappa shape index (κ3) is 5.67. The quantitative estimate of drug-likeness (QED) is 0.457. The molecular weight excluding hydrogens is 547 g/mol. The Hall–Kier alpha value is -3.08. The third-order valence-electron chi connectivity index (χ3n) is 6.97. The molecule has 1 atom stereocenters. The fourth-order valence-corrected chi connectivity index (χ4v) is 6.33. The van der Waals surface area contributed by atoms with E-state index >= 15 is 0 Å². The summed E-state index contributed by atoms with van der Waals surface area (Å²) in [5.74, 6) is 0.164. The van der Waals surface area contributed by atoms with Gasteiger partial charge in [-0.2, -0.15) is 0 Å².